The van der Waals surface area contributed by atoms with E-state index in [4.69, 9.17) is 18.9 Å². The average Bonchev–Trinajstić information content (AvgIpc) is 2.89. The van der Waals surface area contributed by atoms with Crippen molar-refractivity contribution in [2.45, 2.75) is 71.1 Å². The summed E-state index contributed by atoms with van der Waals surface area (Å²) >= 11 is 0. The van der Waals surface area contributed by atoms with Crippen molar-refractivity contribution >= 4 is 11.9 Å². The van der Waals surface area contributed by atoms with Crippen molar-refractivity contribution in [1.82, 2.24) is 0 Å². The van der Waals surface area contributed by atoms with Crippen LogP contribution in [0.15, 0.2) is 60.7 Å². The molecule has 2 rings (SSSR count). The second-order valence-electron chi connectivity index (χ2n) is 8.89. The lowest BCUT2D eigenvalue weighted by molar-refractivity contribution is -0.139. The van der Waals surface area contributed by atoms with E-state index in [0.29, 0.717) is 35.8 Å². The fourth-order valence-corrected chi connectivity index (χ4v) is 3.59. The molecule has 6 heteroatoms. The molecular weight excluding hydrogens is 456 g/mol. The van der Waals surface area contributed by atoms with Gasteiger partial charge in [0.2, 0.25) is 0 Å². The molecule has 0 saturated heterocycles. The lowest BCUT2D eigenvalue weighted by Crippen LogP contribution is -2.08. The van der Waals surface area contributed by atoms with Gasteiger partial charge in [-0.25, -0.2) is 9.59 Å². The summed E-state index contributed by atoms with van der Waals surface area (Å²) in [6.45, 7) is 6.41. The van der Waals surface area contributed by atoms with Gasteiger partial charge in [0.25, 0.3) is 0 Å². The normalized spacial score (nSPS) is 10.5. The molecule has 0 aliphatic heterocycles. The Hall–Kier alpha value is -3.28. The summed E-state index contributed by atoms with van der Waals surface area (Å²) in [4.78, 5) is 23.6. The molecule has 0 radical (unpaired) electrons. The van der Waals surface area contributed by atoms with Crippen LogP contribution in [0, 0.1) is 0 Å². The Kier molecular flexibility index (Phi) is 13.8. The van der Waals surface area contributed by atoms with Gasteiger partial charge in [-0.15, -0.1) is 0 Å². The summed E-state index contributed by atoms with van der Waals surface area (Å²) in [5.74, 6) is 1.24. The van der Waals surface area contributed by atoms with Crippen molar-refractivity contribution in [2.75, 3.05) is 20.3 Å². The molecule has 0 aromatic heterocycles. The predicted molar refractivity (Wildman–Crippen MR) is 142 cm³/mol. The Morgan fingerprint density at radius 1 is 0.667 bits per heavy atom. The average molecular weight is 497 g/mol. The maximum atomic E-state index is 12.3. The number of rotatable bonds is 18. The van der Waals surface area contributed by atoms with Gasteiger partial charge in [-0.1, -0.05) is 57.9 Å². The van der Waals surface area contributed by atoms with E-state index in [1.807, 2.05) is 0 Å². The Labute approximate surface area is 215 Å². The third-order valence-electron chi connectivity index (χ3n) is 5.75. The van der Waals surface area contributed by atoms with Gasteiger partial charge < -0.3 is 18.9 Å². The molecule has 0 atom stereocenters. The number of hydrogen-bond donors (Lipinski definition) is 0. The van der Waals surface area contributed by atoms with Crippen LogP contribution in [0.1, 0.15) is 81.5 Å². The van der Waals surface area contributed by atoms with Crippen molar-refractivity contribution in [3.63, 3.8) is 0 Å². The third-order valence-corrected chi connectivity index (χ3v) is 5.75. The van der Waals surface area contributed by atoms with E-state index >= 15 is 0 Å². The van der Waals surface area contributed by atoms with E-state index in [1.165, 1.54) is 38.5 Å². The zero-order valence-corrected chi connectivity index (χ0v) is 21.8. The highest BCUT2D eigenvalue weighted by atomic mass is 16.5. The van der Waals surface area contributed by atoms with Crippen LogP contribution < -0.4 is 14.2 Å². The first-order valence-corrected chi connectivity index (χ1v) is 12.9. The van der Waals surface area contributed by atoms with Crippen LogP contribution >= 0.6 is 0 Å². The van der Waals surface area contributed by atoms with Gasteiger partial charge in [0.05, 0.1) is 25.9 Å². The third kappa shape index (κ3) is 11.9. The first kappa shape index (κ1) is 29.0. The second-order valence-corrected chi connectivity index (χ2v) is 8.89. The molecular formula is C30H40O6. The largest absolute Gasteiger partial charge is 0.497 e. The Balaban J connectivity index is 1.45. The molecule has 0 amide bonds. The fourth-order valence-electron chi connectivity index (χ4n) is 3.59. The first-order chi connectivity index (χ1) is 17.5. The molecule has 0 heterocycles. The van der Waals surface area contributed by atoms with Crippen molar-refractivity contribution in [2.24, 2.45) is 0 Å². The van der Waals surface area contributed by atoms with E-state index in [9.17, 15) is 9.59 Å². The van der Waals surface area contributed by atoms with Gasteiger partial charge in [0, 0.05) is 5.57 Å². The van der Waals surface area contributed by atoms with Crippen molar-refractivity contribution in [3.05, 3.63) is 66.2 Å². The van der Waals surface area contributed by atoms with Crippen LogP contribution in [-0.4, -0.2) is 32.3 Å². The number of methoxy groups -OCH3 is 1. The summed E-state index contributed by atoms with van der Waals surface area (Å²) in [7, 11) is 1.59. The summed E-state index contributed by atoms with van der Waals surface area (Å²) in [6.07, 6.45) is 11.6. The molecule has 0 bridgehead atoms. The Morgan fingerprint density at radius 3 is 1.67 bits per heavy atom. The SMILES string of the molecule is C=C(C)C(=O)OCCCCCCCCCCCCOc1ccc(C(=O)Oc2ccc(OC)cc2)cc1. The molecule has 196 valence electrons. The van der Waals surface area contributed by atoms with E-state index in [2.05, 4.69) is 6.58 Å². The number of benzene rings is 2. The Morgan fingerprint density at radius 2 is 1.14 bits per heavy atom. The van der Waals surface area contributed by atoms with Gasteiger partial charge in [0.1, 0.15) is 17.2 Å². The molecule has 2 aromatic carbocycles. The quantitative estimate of drug-likeness (QED) is 0.0932. The summed E-state index contributed by atoms with van der Waals surface area (Å²) in [6, 6.07) is 13.9. The van der Waals surface area contributed by atoms with Crippen LogP contribution in [0.25, 0.3) is 0 Å². The monoisotopic (exact) mass is 496 g/mol. The van der Waals surface area contributed by atoms with Crippen LogP contribution in [0.5, 0.6) is 17.2 Å². The highest BCUT2D eigenvalue weighted by Gasteiger charge is 2.09. The molecule has 2 aromatic rings. The molecule has 0 unspecified atom stereocenters. The zero-order chi connectivity index (χ0) is 26.0. The van der Waals surface area contributed by atoms with Gasteiger partial charge >= 0.3 is 11.9 Å². The highest BCUT2D eigenvalue weighted by Crippen LogP contribution is 2.19. The molecule has 0 aliphatic rings. The molecule has 36 heavy (non-hydrogen) atoms. The van der Waals surface area contributed by atoms with Gasteiger partial charge in [-0.05, 0) is 68.3 Å². The fraction of sp³-hybridized carbons (Fsp3) is 0.467. The van der Waals surface area contributed by atoms with Crippen molar-refractivity contribution < 1.29 is 28.5 Å². The number of unbranched alkanes of at least 4 members (excludes halogenated alkanes) is 9. The lowest BCUT2D eigenvalue weighted by atomic mass is 10.1. The molecule has 6 nitrogen and oxygen atoms in total. The first-order valence-electron chi connectivity index (χ1n) is 12.9. The molecule has 0 fully saturated rings. The van der Waals surface area contributed by atoms with Crippen molar-refractivity contribution in [1.29, 1.82) is 0 Å². The highest BCUT2D eigenvalue weighted by molar-refractivity contribution is 5.91. The minimum Gasteiger partial charge on any atom is -0.497 e. The van der Waals surface area contributed by atoms with Gasteiger partial charge in [-0.2, -0.15) is 0 Å². The number of carbonyl (C=O) groups excluding carboxylic acids is 2. The minimum atomic E-state index is -0.407. The van der Waals surface area contributed by atoms with Crippen LogP contribution in [0.4, 0.5) is 0 Å². The summed E-state index contributed by atoms with van der Waals surface area (Å²) in [5, 5.41) is 0. The molecule has 0 aliphatic carbocycles. The zero-order valence-electron chi connectivity index (χ0n) is 21.8. The maximum Gasteiger partial charge on any atom is 0.343 e. The summed E-state index contributed by atoms with van der Waals surface area (Å²) in [5.41, 5.74) is 0.935. The van der Waals surface area contributed by atoms with E-state index in [1.54, 1.807) is 62.6 Å². The van der Waals surface area contributed by atoms with Crippen LogP contribution in [0.2, 0.25) is 0 Å². The topological polar surface area (TPSA) is 71.1 Å². The van der Waals surface area contributed by atoms with Crippen molar-refractivity contribution in [3.8, 4) is 17.2 Å². The molecule has 0 saturated carbocycles. The summed E-state index contributed by atoms with van der Waals surface area (Å²) < 4.78 is 21.4. The van der Waals surface area contributed by atoms with E-state index in [0.717, 1.165) is 31.4 Å². The lowest BCUT2D eigenvalue weighted by Gasteiger charge is -2.08. The van der Waals surface area contributed by atoms with Gasteiger partial charge in [0.15, 0.2) is 0 Å². The van der Waals surface area contributed by atoms with E-state index < -0.39 is 5.97 Å². The second kappa shape index (κ2) is 17.2. The smallest absolute Gasteiger partial charge is 0.343 e. The van der Waals surface area contributed by atoms with Gasteiger partial charge in [-0.3, -0.25) is 0 Å². The maximum absolute atomic E-state index is 12.3. The number of carbonyl (C=O) groups is 2. The Bertz CT molecular complexity index is 917. The molecule has 0 N–H and O–H groups in total. The standard InChI is InChI=1S/C30H40O6/c1-24(2)29(31)35-23-13-11-9-7-5-4-6-8-10-12-22-34-27-16-14-25(15-17-27)30(32)36-28-20-18-26(33-3)19-21-28/h14-21H,1,4-13,22-23H2,2-3H3. The minimum absolute atomic E-state index is 0.290. The number of hydrogen-bond acceptors (Lipinski definition) is 6. The number of ether oxygens (including phenoxy) is 4. The van der Waals surface area contributed by atoms with Crippen LogP contribution in [0.3, 0.4) is 0 Å². The predicted octanol–water partition coefficient (Wildman–Crippen LogP) is 7.31. The van der Waals surface area contributed by atoms with Crippen LogP contribution in [-0.2, 0) is 9.53 Å². The van der Waals surface area contributed by atoms with E-state index in [-0.39, 0.29) is 5.97 Å². The number of esters is 2. The molecule has 0 spiro atoms.